The second-order valence-corrected chi connectivity index (χ2v) is 3.09. The first-order valence-corrected chi connectivity index (χ1v) is 4.21. The quantitative estimate of drug-likeness (QED) is 0.655. The maximum Gasteiger partial charge on any atom is 0.157 e. The van der Waals surface area contributed by atoms with Gasteiger partial charge in [0.05, 0.1) is 0 Å². The Balaban J connectivity index is 2.55. The van der Waals surface area contributed by atoms with Gasteiger partial charge in [0, 0.05) is 13.2 Å². The van der Waals surface area contributed by atoms with Crippen LogP contribution in [0.2, 0.25) is 0 Å². The van der Waals surface area contributed by atoms with E-state index >= 15 is 0 Å². The molecule has 68 valence electrons. The van der Waals surface area contributed by atoms with Gasteiger partial charge >= 0.3 is 0 Å². The maximum absolute atomic E-state index is 4.30. The molecule has 2 aromatic heterocycles. The topological polar surface area (TPSA) is 35.6 Å². The van der Waals surface area contributed by atoms with Gasteiger partial charge in [-0.3, -0.25) is 0 Å². The van der Waals surface area contributed by atoms with E-state index in [1.165, 1.54) is 0 Å². The van der Waals surface area contributed by atoms with Crippen LogP contribution in [0.15, 0.2) is 18.3 Å². The molecule has 2 aromatic rings. The number of rotatable bonds is 1. The largest absolute Gasteiger partial charge is 0.237 e. The first kappa shape index (κ1) is 8.04. The van der Waals surface area contributed by atoms with Crippen molar-refractivity contribution in [3.63, 3.8) is 0 Å². The molecule has 2 rings (SSSR count). The Hall–Kier alpha value is -1.58. The SMILES string of the molecule is Cc1cccnc1-n1c(C)nn1C. The Morgan fingerprint density at radius 1 is 1.31 bits per heavy atom. The Morgan fingerprint density at radius 3 is 2.62 bits per heavy atom. The van der Waals surface area contributed by atoms with Crippen molar-refractivity contribution in [2.24, 2.45) is 7.05 Å². The fourth-order valence-electron chi connectivity index (χ4n) is 1.46. The zero-order valence-electron chi connectivity index (χ0n) is 8.02. The molecule has 0 bridgehead atoms. The predicted octanol–water partition coefficient (Wildman–Crippen LogP) is 1.22. The van der Waals surface area contributed by atoms with Crippen LogP contribution in [-0.2, 0) is 7.05 Å². The van der Waals surface area contributed by atoms with Gasteiger partial charge in [0.1, 0.15) is 0 Å². The van der Waals surface area contributed by atoms with Crippen LogP contribution in [0.1, 0.15) is 11.4 Å². The van der Waals surface area contributed by atoms with Crippen LogP contribution in [-0.4, -0.2) is 19.6 Å². The van der Waals surface area contributed by atoms with Crippen molar-refractivity contribution in [2.45, 2.75) is 13.8 Å². The summed E-state index contributed by atoms with van der Waals surface area (Å²) >= 11 is 0. The monoisotopic (exact) mass is 176 g/mol. The first-order valence-electron chi connectivity index (χ1n) is 4.21. The van der Waals surface area contributed by atoms with Crippen molar-refractivity contribution in [2.75, 3.05) is 0 Å². The number of hydrogen-bond acceptors (Lipinski definition) is 2. The number of hydrogen-bond donors (Lipinski definition) is 0. The van der Waals surface area contributed by atoms with Gasteiger partial charge in [0.15, 0.2) is 11.6 Å². The van der Waals surface area contributed by atoms with Gasteiger partial charge in [-0.25, -0.2) is 9.67 Å². The van der Waals surface area contributed by atoms with E-state index in [1.54, 1.807) is 11.0 Å². The lowest BCUT2D eigenvalue weighted by atomic mass is 10.3. The summed E-state index contributed by atoms with van der Waals surface area (Å²) in [5.41, 5.74) is 1.16. The molecule has 0 saturated carbocycles. The minimum absolute atomic E-state index is 0.956. The third-order valence-corrected chi connectivity index (χ3v) is 2.07. The van der Waals surface area contributed by atoms with Crippen LogP contribution in [0.3, 0.4) is 0 Å². The highest BCUT2D eigenvalue weighted by atomic mass is 15.6. The van der Waals surface area contributed by atoms with Crippen LogP contribution in [0.25, 0.3) is 5.82 Å². The summed E-state index contributed by atoms with van der Waals surface area (Å²) in [6.07, 6.45) is 1.79. The minimum atomic E-state index is 0.956. The molecule has 0 radical (unpaired) electrons. The smallest absolute Gasteiger partial charge is 0.157 e. The Morgan fingerprint density at radius 2 is 2.08 bits per heavy atom. The van der Waals surface area contributed by atoms with Crippen molar-refractivity contribution in [1.29, 1.82) is 0 Å². The Labute approximate surface area is 76.8 Å². The van der Waals surface area contributed by atoms with Gasteiger partial charge in [0.2, 0.25) is 0 Å². The average molecular weight is 176 g/mol. The third kappa shape index (κ3) is 1.14. The molecule has 13 heavy (non-hydrogen) atoms. The Bertz CT molecular complexity index is 410. The summed E-state index contributed by atoms with van der Waals surface area (Å²) in [4.78, 5) is 6.09. The zero-order valence-corrected chi connectivity index (χ0v) is 8.02. The molecule has 0 spiro atoms. The molecule has 0 unspecified atom stereocenters. The maximum atomic E-state index is 4.30. The molecular formula is C9H12N4. The molecular weight excluding hydrogens is 164 g/mol. The van der Waals surface area contributed by atoms with E-state index in [0.717, 1.165) is 17.2 Å². The van der Waals surface area contributed by atoms with Gasteiger partial charge in [-0.05, 0) is 25.5 Å². The highest BCUT2D eigenvalue weighted by Gasteiger charge is 2.10. The van der Waals surface area contributed by atoms with Crippen LogP contribution in [0, 0.1) is 13.8 Å². The zero-order chi connectivity index (χ0) is 9.42. The minimum Gasteiger partial charge on any atom is -0.237 e. The lowest BCUT2D eigenvalue weighted by Gasteiger charge is -2.19. The van der Waals surface area contributed by atoms with Gasteiger partial charge in [-0.15, -0.1) is 5.10 Å². The molecule has 4 nitrogen and oxygen atoms in total. The highest BCUT2D eigenvalue weighted by molar-refractivity contribution is 5.31. The fraction of sp³-hybridized carbons (Fsp3) is 0.333. The van der Waals surface area contributed by atoms with Crippen LogP contribution in [0.4, 0.5) is 0 Å². The summed E-state index contributed by atoms with van der Waals surface area (Å²) in [7, 11) is 1.90. The molecule has 0 fully saturated rings. The van der Waals surface area contributed by atoms with E-state index in [-0.39, 0.29) is 0 Å². The van der Waals surface area contributed by atoms with E-state index < -0.39 is 0 Å². The van der Waals surface area contributed by atoms with Crippen molar-refractivity contribution in [3.8, 4) is 5.82 Å². The van der Waals surface area contributed by atoms with Gasteiger partial charge in [-0.1, -0.05) is 6.07 Å². The molecule has 0 aliphatic carbocycles. The van der Waals surface area contributed by atoms with Crippen molar-refractivity contribution in [1.82, 2.24) is 19.6 Å². The first-order chi connectivity index (χ1) is 6.20. The summed E-state index contributed by atoms with van der Waals surface area (Å²) in [6, 6.07) is 3.98. The Kier molecular flexibility index (Phi) is 1.69. The summed E-state index contributed by atoms with van der Waals surface area (Å²) in [5.74, 6) is 1.93. The molecule has 0 aliphatic heterocycles. The summed E-state index contributed by atoms with van der Waals surface area (Å²) in [6.45, 7) is 4.01. The summed E-state index contributed by atoms with van der Waals surface area (Å²) in [5, 5.41) is 4.16. The molecule has 0 aromatic carbocycles. The normalized spacial score (nSPS) is 10.7. The van der Waals surface area contributed by atoms with Crippen LogP contribution < -0.4 is 0 Å². The van der Waals surface area contributed by atoms with Crippen LogP contribution >= 0.6 is 0 Å². The van der Waals surface area contributed by atoms with E-state index in [4.69, 9.17) is 0 Å². The predicted molar refractivity (Wildman–Crippen MR) is 49.8 cm³/mol. The fourth-order valence-corrected chi connectivity index (χ4v) is 1.46. The van der Waals surface area contributed by atoms with Crippen molar-refractivity contribution >= 4 is 0 Å². The molecule has 0 atom stereocenters. The number of nitrogens with zero attached hydrogens (tertiary/aromatic N) is 4. The second-order valence-electron chi connectivity index (χ2n) is 3.09. The summed E-state index contributed by atoms with van der Waals surface area (Å²) < 4.78 is 1.98. The van der Waals surface area contributed by atoms with Gasteiger partial charge in [0.25, 0.3) is 0 Å². The molecule has 4 heteroatoms. The molecule has 2 heterocycles. The highest BCUT2D eigenvalue weighted by Crippen LogP contribution is 2.11. The van der Waals surface area contributed by atoms with Crippen LogP contribution in [0.5, 0.6) is 0 Å². The van der Waals surface area contributed by atoms with Crippen molar-refractivity contribution < 1.29 is 0 Å². The lowest BCUT2D eigenvalue weighted by molar-refractivity contribution is 0.432. The average Bonchev–Trinajstić information content (AvgIpc) is 2.09. The molecule has 0 aliphatic rings. The van der Waals surface area contributed by atoms with E-state index in [2.05, 4.69) is 10.1 Å². The lowest BCUT2D eigenvalue weighted by Crippen LogP contribution is -2.26. The standard InChI is InChI=1S/C9H12N4/c1-7-5-4-6-10-9(7)13-8(2)11-12(13)3/h4-6H,1-3H3. The number of aryl methyl sites for hydroxylation is 3. The number of pyridine rings is 1. The van der Waals surface area contributed by atoms with E-state index in [0.29, 0.717) is 0 Å². The van der Waals surface area contributed by atoms with E-state index in [1.807, 2.05) is 37.7 Å². The van der Waals surface area contributed by atoms with E-state index in [9.17, 15) is 0 Å². The molecule has 0 N–H and O–H groups in total. The number of aromatic nitrogens is 4. The van der Waals surface area contributed by atoms with Gasteiger partial charge < -0.3 is 0 Å². The second kappa shape index (κ2) is 2.73. The molecule has 0 saturated heterocycles. The third-order valence-electron chi connectivity index (χ3n) is 2.07. The molecule has 0 amide bonds. The van der Waals surface area contributed by atoms with Crippen molar-refractivity contribution in [3.05, 3.63) is 29.7 Å². The van der Waals surface area contributed by atoms with Gasteiger partial charge in [-0.2, -0.15) is 4.80 Å².